The van der Waals surface area contributed by atoms with Crippen LogP contribution in [0.4, 0.5) is 11.4 Å². The maximum atomic E-state index is 12.7. The predicted molar refractivity (Wildman–Crippen MR) is 152 cm³/mol. The van der Waals surface area contributed by atoms with Crippen molar-refractivity contribution >= 4 is 35.0 Å². The molecule has 0 bridgehead atoms. The largest absolute Gasteiger partial charge is 0.339 e. The molecule has 0 saturated carbocycles. The van der Waals surface area contributed by atoms with Gasteiger partial charge in [0, 0.05) is 56.3 Å². The van der Waals surface area contributed by atoms with E-state index < -0.39 is 6.04 Å². The monoisotopic (exact) mass is 542 g/mol. The highest BCUT2D eigenvalue weighted by atomic mass is 16.2. The van der Waals surface area contributed by atoms with Gasteiger partial charge in [-0.2, -0.15) is 5.10 Å². The van der Waals surface area contributed by atoms with E-state index in [1.807, 2.05) is 54.6 Å². The van der Waals surface area contributed by atoms with Gasteiger partial charge in [0.05, 0.1) is 11.4 Å². The fraction of sp³-hybridized carbons (Fsp3) is 0.367. The molecule has 10 heteroatoms. The van der Waals surface area contributed by atoms with Gasteiger partial charge in [-0.15, -0.1) is 0 Å². The average Bonchev–Trinajstić information content (AvgIpc) is 3.70. The highest BCUT2D eigenvalue weighted by Gasteiger charge is 2.32. The maximum absolute atomic E-state index is 12.7. The first kappa shape index (κ1) is 27.1. The number of benzene rings is 2. The number of aromatic amines is 1. The Balaban J connectivity index is 1.17. The Hall–Kier alpha value is -4.47. The second-order valence-corrected chi connectivity index (χ2v) is 10.4. The van der Waals surface area contributed by atoms with Gasteiger partial charge in [-0.25, -0.2) is 0 Å². The number of amides is 4. The Bertz CT molecular complexity index is 1400. The highest BCUT2D eigenvalue weighted by molar-refractivity contribution is 5.97. The number of aromatic nitrogens is 2. The lowest BCUT2D eigenvalue weighted by molar-refractivity contribution is -0.134. The molecule has 0 radical (unpaired) electrons. The van der Waals surface area contributed by atoms with E-state index in [1.165, 1.54) is 6.92 Å². The summed E-state index contributed by atoms with van der Waals surface area (Å²) in [6.07, 6.45) is 3.59. The molecule has 40 heavy (non-hydrogen) atoms. The number of H-pyrrole nitrogens is 1. The number of hydrogen-bond acceptors (Lipinski definition) is 5. The van der Waals surface area contributed by atoms with Crippen LogP contribution in [0.3, 0.4) is 0 Å². The Kier molecular flexibility index (Phi) is 7.95. The summed E-state index contributed by atoms with van der Waals surface area (Å²) >= 11 is 0. The molecule has 3 heterocycles. The standard InChI is InChI=1S/C30H34N6O4/c1-19(37)35-15-3-5-25(35)17-29(39)31-23-11-7-21(8-12-23)26-18-27(34-33-26)22-9-13-24(14-10-22)32-30(40)28-6-4-16-36(28)20(2)38/h7-14,18,25,28H,3-6,15-17H2,1-2H3,(H,31,39)(H,32,40)(H,33,34)/t25-,28-/m0/s1. The smallest absolute Gasteiger partial charge is 0.247 e. The lowest BCUT2D eigenvalue weighted by Crippen LogP contribution is -2.42. The molecule has 10 nitrogen and oxygen atoms in total. The van der Waals surface area contributed by atoms with E-state index in [2.05, 4.69) is 20.8 Å². The van der Waals surface area contributed by atoms with Crippen molar-refractivity contribution in [1.29, 1.82) is 0 Å². The van der Waals surface area contributed by atoms with Crippen LogP contribution in [0.15, 0.2) is 54.6 Å². The quantitative estimate of drug-likeness (QED) is 0.415. The van der Waals surface area contributed by atoms with Crippen molar-refractivity contribution in [2.45, 2.75) is 58.0 Å². The summed E-state index contributed by atoms with van der Waals surface area (Å²) in [4.78, 5) is 52.1. The minimum absolute atomic E-state index is 0.0165. The first-order valence-corrected chi connectivity index (χ1v) is 13.7. The van der Waals surface area contributed by atoms with Crippen LogP contribution in [-0.4, -0.2) is 68.8 Å². The molecule has 0 unspecified atom stereocenters. The number of nitrogens with one attached hydrogen (secondary N) is 3. The molecule has 2 aromatic carbocycles. The summed E-state index contributed by atoms with van der Waals surface area (Å²) in [5.41, 5.74) is 4.77. The summed E-state index contributed by atoms with van der Waals surface area (Å²) in [5.74, 6) is -0.335. The van der Waals surface area contributed by atoms with Crippen LogP contribution >= 0.6 is 0 Å². The SMILES string of the molecule is CC(=O)N1CCC[C@H]1CC(=O)Nc1ccc(-c2cc(-c3ccc(NC(=O)[C@@H]4CCCN4C(C)=O)cc3)n[nH]2)cc1. The third-order valence-corrected chi connectivity index (χ3v) is 7.67. The maximum Gasteiger partial charge on any atom is 0.247 e. The molecular weight excluding hydrogens is 508 g/mol. The van der Waals surface area contributed by atoms with Crippen molar-refractivity contribution in [3.63, 3.8) is 0 Å². The van der Waals surface area contributed by atoms with Crippen LogP contribution in [0.25, 0.3) is 22.5 Å². The van der Waals surface area contributed by atoms with Crippen molar-refractivity contribution in [2.24, 2.45) is 0 Å². The van der Waals surface area contributed by atoms with Gasteiger partial charge >= 0.3 is 0 Å². The predicted octanol–water partition coefficient (Wildman–Crippen LogP) is 4.03. The number of nitrogens with zero attached hydrogens (tertiary/aromatic N) is 3. The molecule has 2 atom stereocenters. The summed E-state index contributed by atoms with van der Waals surface area (Å²) in [5, 5.41) is 13.3. The number of carbonyl (C=O) groups is 4. The second kappa shape index (κ2) is 11.7. The van der Waals surface area contributed by atoms with Crippen molar-refractivity contribution in [3.8, 4) is 22.5 Å². The number of anilines is 2. The molecule has 2 fully saturated rings. The van der Waals surface area contributed by atoms with Crippen LogP contribution < -0.4 is 10.6 Å². The molecule has 3 N–H and O–H groups in total. The minimum atomic E-state index is -0.421. The zero-order valence-electron chi connectivity index (χ0n) is 22.8. The highest BCUT2D eigenvalue weighted by Crippen LogP contribution is 2.27. The van der Waals surface area contributed by atoms with E-state index in [9.17, 15) is 19.2 Å². The molecular formula is C30H34N6O4. The molecule has 2 aliphatic heterocycles. The Morgan fingerprint density at radius 3 is 2.10 bits per heavy atom. The van der Waals surface area contributed by atoms with Gasteiger partial charge in [0.25, 0.3) is 0 Å². The van der Waals surface area contributed by atoms with Gasteiger partial charge in [-0.05, 0) is 61.6 Å². The van der Waals surface area contributed by atoms with Gasteiger partial charge in [-0.1, -0.05) is 24.3 Å². The third-order valence-electron chi connectivity index (χ3n) is 7.67. The van der Waals surface area contributed by atoms with Crippen LogP contribution in [0, 0.1) is 0 Å². The van der Waals surface area contributed by atoms with E-state index in [-0.39, 0.29) is 29.7 Å². The minimum Gasteiger partial charge on any atom is -0.339 e. The van der Waals surface area contributed by atoms with E-state index in [0.29, 0.717) is 30.8 Å². The number of rotatable bonds is 7. The molecule has 3 aromatic rings. The Morgan fingerprint density at radius 1 is 0.825 bits per heavy atom. The van der Waals surface area contributed by atoms with Crippen LogP contribution in [-0.2, 0) is 19.2 Å². The molecule has 1 aromatic heterocycles. The summed E-state index contributed by atoms with van der Waals surface area (Å²) in [7, 11) is 0. The molecule has 0 aliphatic carbocycles. The molecule has 208 valence electrons. The van der Waals surface area contributed by atoms with Crippen LogP contribution in [0.2, 0.25) is 0 Å². The van der Waals surface area contributed by atoms with Gasteiger partial charge in [0.2, 0.25) is 23.6 Å². The van der Waals surface area contributed by atoms with Crippen molar-refractivity contribution in [3.05, 3.63) is 54.6 Å². The topological polar surface area (TPSA) is 128 Å². The molecule has 2 saturated heterocycles. The normalized spacial score (nSPS) is 18.6. The van der Waals surface area contributed by atoms with Crippen molar-refractivity contribution in [1.82, 2.24) is 20.0 Å². The lowest BCUT2D eigenvalue weighted by Gasteiger charge is -2.22. The van der Waals surface area contributed by atoms with E-state index in [4.69, 9.17) is 0 Å². The lowest BCUT2D eigenvalue weighted by atomic mass is 10.1. The van der Waals surface area contributed by atoms with Gasteiger partial charge < -0.3 is 20.4 Å². The number of likely N-dealkylation sites (tertiary alicyclic amines) is 2. The summed E-state index contributed by atoms with van der Waals surface area (Å²) in [6.45, 7) is 4.38. The van der Waals surface area contributed by atoms with Gasteiger partial charge in [-0.3, -0.25) is 24.3 Å². The number of carbonyl (C=O) groups excluding carboxylic acids is 4. The average molecular weight is 543 g/mol. The molecule has 5 rings (SSSR count). The zero-order chi connectivity index (χ0) is 28.2. The van der Waals surface area contributed by atoms with Crippen LogP contribution in [0.1, 0.15) is 46.0 Å². The van der Waals surface area contributed by atoms with Crippen LogP contribution in [0.5, 0.6) is 0 Å². The first-order chi connectivity index (χ1) is 19.3. The van der Waals surface area contributed by atoms with E-state index in [0.717, 1.165) is 48.3 Å². The third kappa shape index (κ3) is 6.06. The first-order valence-electron chi connectivity index (χ1n) is 13.7. The summed E-state index contributed by atoms with van der Waals surface area (Å²) < 4.78 is 0. The summed E-state index contributed by atoms with van der Waals surface area (Å²) in [6, 6.07) is 16.5. The Labute approximate surface area is 233 Å². The number of hydrogen-bond donors (Lipinski definition) is 3. The van der Waals surface area contributed by atoms with Gasteiger partial charge in [0.1, 0.15) is 6.04 Å². The Morgan fingerprint density at radius 2 is 1.43 bits per heavy atom. The fourth-order valence-corrected chi connectivity index (χ4v) is 5.61. The molecule has 4 amide bonds. The molecule has 2 aliphatic rings. The second-order valence-electron chi connectivity index (χ2n) is 10.4. The van der Waals surface area contributed by atoms with Crippen molar-refractivity contribution in [2.75, 3.05) is 23.7 Å². The van der Waals surface area contributed by atoms with E-state index in [1.54, 1.807) is 16.7 Å². The van der Waals surface area contributed by atoms with Gasteiger partial charge in [0.15, 0.2) is 0 Å². The van der Waals surface area contributed by atoms with E-state index >= 15 is 0 Å². The fourth-order valence-electron chi connectivity index (χ4n) is 5.61. The van der Waals surface area contributed by atoms with Crippen molar-refractivity contribution < 1.29 is 19.2 Å². The zero-order valence-corrected chi connectivity index (χ0v) is 22.8. The molecule has 0 spiro atoms.